The molecule has 0 atom stereocenters. The van der Waals surface area contributed by atoms with Crippen LogP contribution in [-0.4, -0.2) is 57.1 Å². The lowest BCUT2D eigenvalue weighted by molar-refractivity contribution is 0.0697. The number of carboxylic acids is 1. The van der Waals surface area contributed by atoms with Crippen LogP contribution in [0.15, 0.2) is 39.9 Å². The van der Waals surface area contributed by atoms with E-state index in [4.69, 9.17) is 0 Å². The second-order valence-corrected chi connectivity index (χ2v) is 9.26. The molecule has 2 aromatic rings. The lowest BCUT2D eigenvalue weighted by Crippen LogP contribution is -2.46. The summed E-state index contributed by atoms with van der Waals surface area (Å²) >= 11 is 1.12. The van der Waals surface area contributed by atoms with Crippen molar-refractivity contribution in [3.05, 3.63) is 41.3 Å². The highest BCUT2D eigenvalue weighted by atomic mass is 32.2. The Balaban J connectivity index is 1.89. The van der Waals surface area contributed by atoms with Gasteiger partial charge in [0.15, 0.2) is 0 Å². The molecule has 0 unspecified atom stereocenters. The highest BCUT2D eigenvalue weighted by molar-refractivity contribution is 7.94. The van der Waals surface area contributed by atoms with Crippen LogP contribution in [0.3, 0.4) is 0 Å². The number of nitrogens with zero attached hydrogens (tertiary/aromatic N) is 2. The highest BCUT2D eigenvalue weighted by Gasteiger charge is 2.23. The Morgan fingerprint density at radius 3 is 2.56 bits per heavy atom. The third kappa shape index (κ3) is 4.60. The number of benzene rings is 1. The zero-order valence-electron chi connectivity index (χ0n) is 15.1. The van der Waals surface area contributed by atoms with Crippen molar-refractivity contribution in [3.8, 4) is 0 Å². The monoisotopic (exact) mass is 409 g/mol. The first-order chi connectivity index (χ1) is 12.9. The van der Waals surface area contributed by atoms with Crippen molar-refractivity contribution in [2.45, 2.75) is 17.6 Å². The second-order valence-electron chi connectivity index (χ2n) is 6.40. The summed E-state index contributed by atoms with van der Waals surface area (Å²) in [5.74, 6) is -1.09. The Labute approximate surface area is 163 Å². The van der Waals surface area contributed by atoms with Crippen molar-refractivity contribution >= 4 is 38.7 Å². The van der Waals surface area contributed by atoms with E-state index in [0.717, 1.165) is 50.5 Å². The fourth-order valence-corrected chi connectivity index (χ4v) is 5.22. The van der Waals surface area contributed by atoms with Crippen molar-refractivity contribution in [1.82, 2.24) is 4.90 Å². The summed E-state index contributed by atoms with van der Waals surface area (Å²) in [5, 5.41) is 11.0. The van der Waals surface area contributed by atoms with E-state index in [9.17, 15) is 18.3 Å². The molecule has 0 amide bonds. The maximum Gasteiger partial charge on any atom is 0.335 e. The van der Waals surface area contributed by atoms with E-state index in [1.54, 1.807) is 17.5 Å². The predicted molar refractivity (Wildman–Crippen MR) is 107 cm³/mol. The molecule has 0 bridgehead atoms. The topological polar surface area (TPSA) is 89.9 Å². The molecule has 1 aromatic carbocycles. The maximum atomic E-state index is 12.6. The first-order valence-corrected chi connectivity index (χ1v) is 11.2. The Hall–Kier alpha value is -2.10. The van der Waals surface area contributed by atoms with Gasteiger partial charge in [-0.2, -0.15) is 0 Å². The molecule has 0 saturated carbocycles. The minimum Gasteiger partial charge on any atom is -0.478 e. The number of carboxylic acid groups (broad SMARTS) is 1. The van der Waals surface area contributed by atoms with E-state index in [-0.39, 0.29) is 9.77 Å². The second kappa shape index (κ2) is 8.28. The van der Waals surface area contributed by atoms with Gasteiger partial charge in [-0.1, -0.05) is 13.0 Å². The van der Waals surface area contributed by atoms with Crippen molar-refractivity contribution in [2.24, 2.45) is 0 Å². The van der Waals surface area contributed by atoms with E-state index >= 15 is 0 Å². The van der Waals surface area contributed by atoms with Gasteiger partial charge in [0.25, 0.3) is 10.0 Å². The Kier molecular flexibility index (Phi) is 6.03. The van der Waals surface area contributed by atoms with Gasteiger partial charge in [0.1, 0.15) is 4.21 Å². The lowest BCUT2D eigenvalue weighted by Gasteiger charge is -2.36. The van der Waals surface area contributed by atoms with Gasteiger partial charge in [-0.15, -0.1) is 11.3 Å². The van der Waals surface area contributed by atoms with Crippen LogP contribution < -0.4 is 9.62 Å². The van der Waals surface area contributed by atoms with Crippen LogP contribution in [0.4, 0.5) is 11.4 Å². The van der Waals surface area contributed by atoms with Gasteiger partial charge in [0.05, 0.1) is 16.9 Å². The molecule has 7 nitrogen and oxygen atoms in total. The van der Waals surface area contributed by atoms with E-state index in [0.29, 0.717) is 11.4 Å². The third-order valence-corrected chi connectivity index (χ3v) is 7.26. The SMILES string of the molecule is CCCN1CCN(c2ccc(C(=O)O)cc2NS(=O)(=O)c2cccs2)CC1. The lowest BCUT2D eigenvalue weighted by atomic mass is 10.1. The molecule has 146 valence electrons. The summed E-state index contributed by atoms with van der Waals surface area (Å²) in [7, 11) is -3.75. The molecule has 1 saturated heterocycles. The zero-order valence-corrected chi connectivity index (χ0v) is 16.7. The van der Waals surface area contributed by atoms with Crippen LogP contribution in [0.25, 0.3) is 0 Å². The fourth-order valence-electron chi connectivity index (χ4n) is 3.17. The summed E-state index contributed by atoms with van der Waals surface area (Å²) in [6, 6.07) is 7.78. The normalized spacial score (nSPS) is 15.7. The molecule has 1 aromatic heterocycles. The van der Waals surface area contributed by atoms with Gasteiger partial charge in [0.2, 0.25) is 0 Å². The molecule has 1 aliphatic heterocycles. The van der Waals surface area contributed by atoms with Crippen LogP contribution >= 0.6 is 11.3 Å². The number of nitrogens with one attached hydrogen (secondary N) is 1. The van der Waals surface area contributed by atoms with E-state index in [1.165, 1.54) is 18.2 Å². The molecular weight excluding hydrogens is 386 g/mol. The summed E-state index contributed by atoms with van der Waals surface area (Å²) in [6.45, 7) is 6.51. The van der Waals surface area contributed by atoms with Crippen LogP contribution in [0.2, 0.25) is 0 Å². The molecule has 0 spiro atoms. The minimum absolute atomic E-state index is 0.0484. The Morgan fingerprint density at radius 2 is 1.96 bits per heavy atom. The van der Waals surface area contributed by atoms with Gasteiger partial charge in [0, 0.05) is 26.2 Å². The molecule has 2 N–H and O–H groups in total. The number of hydrogen-bond acceptors (Lipinski definition) is 6. The van der Waals surface area contributed by atoms with Gasteiger partial charge in [-0.05, 0) is 42.6 Å². The molecular formula is C18H23N3O4S2. The number of hydrogen-bond donors (Lipinski definition) is 2. The molecule has 0 radical (unpaired) electrons. The number of sulfonamides is 1. The average Bonchev–Trinajstić information content (AvgIpc) is 3.18. The first-order valence-electron chi connectivity index (χ1n) is 8.81. The first kappa shape index (κ1) is 19.7. The van der Waals surface area contributed by atoms with E-state index < -0.39 is 16.0 Å². The van der Waals surface area contributed by atoms with Crippen molar-refractivity contribution in [3.63, 3.8) is 0 Å². The molecule has 0 aliphatic carbocycles. The van der Waals surface area contributed by atoms with Crippen molar-refractivity contribution in [1.29, 1.82) is 0 Å². The van der Waals surface area contributed by atoms with Crippen LogP contribution in [0.1, 0.15) is 23.7 Å². The molecule has 9 heteroatoms. The molecule has 3 rings (SSSR count). The summed E-state index contributed by atoms with van der Waals surface area (Å²) < 4.78 is 28.1. The molecule has 27 heavy (non-hydrogen) atoms. The number of anilines is 2. The minimum atomic E-state index is -3.75. The number of thiophene rings is 1. The van der Waals surface area contributed by atoms with Crippen molar-refractivity contribution in [2.75, 3.05) is 42.3 Å². The zero-order chi connectivity index (χ0) is 19.4. The Morgan fingerprint density at radius 1 is 1.22 bits per heavy atom. The van der Waals surface area contributed by atoms with E-state index in [1.807, 2.05) is 0 Å². The highest BCUT2D eigenvalue weighted by Crippen LogP contribution is 2.31. The van der Waals surface area contributed by atoms with Crippen LogP contribution in [0, 0.1) is 0 Å². The number of rotatable bonds is 7. The van der Waals surface area contributed by atoms with Gasteiger partial charge >= 0.3 is 5.97 Å². The van der Waals surface area contributed by atoms with Crippen LogP contribution in [0.5, 0.6) is 0 Å². The largest absolute Gasteiger partial charge is 0.478 e. The summed E-state index contributed by atoms with van der Waals surface area (Å²) in [4.78, 5) is 15.8. The molecule has 1 aliphatic rings. The fraction of sp³-hybridized carbons (Fsp3) is 0.389. The summed E-state index contributed by atoms with van der Waals surface area (Å²) in [5.41, 5.74) is 1.05. The molecule has 1 fully saturated rings. The predicted octanol–water partition coefficient (Wildman–Crippen LogP) is 2.78. The number of piperazine rings is 1. The quantitative estimate of drug-likeness (QED) is 0.731. The molecule has 2 heterocycles. The Bertz CT molecular complexity index is 889. The number of aromatic carboxylic acids is 1. The van der Waals surface area contributed by atoms with Crippen molar-refractivity contribution < 1.29 is 18.3 Å². The maximum absolute atomic E-state index is 12.6. The van der Waals surface area contributed by atoms with Gasteiger partial charge in [-0.25, -0.2) is 13.2 Å². The number of carbonyl (C=O) groups is 1. The van der Waals surface area contributed by atoms with Crippen LogP contribution in [-0.2, 0) is 10.0 Å². The van der Waals surface area contributed by atoms with Gasteiger partial charge in [-0.3, -0.25) is 9.62 Å². The van der Waals surface area contributed by atoms with Gasteiger partial charge < -0.3 is 10.0 Å². The summed E-state index contributed by atoms with van der Waals surface area (Å²) in [6.07, 6.45) is 1.10. The van der Waals surface area contributed by atoms with E-state index in [2.05, 4.69) is 21.4 Å². The smallest absolute Gasteiger partial charge is 0.335 e. The average molecular weight is 410 g/mol. The third-order valence-electron chi connectivity index (χ3n) is 4.50. The standard InChI is InChI=1S/C18H23N3O4S2/c1-2-7-20-8-10-21(11-9-20)16-6-5-14(18(22)23)13-15(16)19-27(24,25)17-4-3-12-26-17/h3-6,12-13,19H,2,7-11H2,1H3,(H,22,23).